The molecular weight excluding hydrogens is 304 g/mol. The van der Waals surface area contributed by atoms with E-state index >= 15 is 0 Å². The number of nitriles is 1. The molecule has 1 fully saturated rings. The van der Waals surface area contributed by atoms with Gasteiger partial charge in [0.05, 0.1) is 11.6 Å². The van der Waals surface area contributed by atoms with Crippen LogP contribution in [0.3, 0.4) is 0 Å². The van der Waals surface area contributed by atoms with Crippen LogP contribution in [0.2, 0.25) is 0 Å². The summed E-state index contributed by atoms with van der Waals surface area (Å²) in [6.07, 6.45) is -0.384. The molecule has 1 N–H and O–H groups in total. The summed E-state index contributed by atoms with van der Waals surface area (Å²) in [6.45, 7) is 7.76. The second kappa shape index (κ2) is 5.82. The van der Waals surface area contributed by atoms with Gasteiger partial charge in [0.1, 0.15) is 11.7 Å². The standard InChI is InChI=1S/C18H24N4O2/c1-17(2,3)14-21(6)15(23)18(4,22(14)16(24)20-5)13-9-7-12(11-19)8-10-13/h7-10,14H,1-6H3,(H,20,24). The fourth-order valence-electron chi connectivity index (χ4n) is 3.51. The van der Waals surface area contributed by atoms with E-state index < -0.39 is 5.54 Å². The molecule has 128 valence electrons. The van der Waals surface area contributed by atoms with Gasteiger partial charge in [-0.1, -0.05) is 32.9 Å². The van der Waals surface area contributed by atoms with Crippen LogP contribution in [-0.4, -0.2) is 42.0 Å². The summed E-state index contributed by atoms with van der Waals surface area (Å²) in [5.41, 5.74) is -0.240. The Labute approximate surface area is 143 Å². The monoisotopic (exact) mass is 328 g/mol. The molecule has 1 heterocycles. The Morgan fingerprint density at radius 2 is 1.83 bits per heavy atom. The van der Waals surface area contributed by atoms with Crippen LogP contribution in [0.15, 0.2) is 24.3 Å². The Balaban J connectivity index is 2.65. The van der Waals surface area contributed by atoms with E-state index in [0.29, 0.717) is 11.1 Å². The second-order valence-corrected chi connectivity index (χ2v) is 7.34. The number of benzene rings is 1. The van der Waals surface area contributed by atoms with E-state index in [0.717, 1.165) is 0 Å². The molecule has 0 radical (unpaired) electrons. The van der Waals surface area contributed by atoms with Gasteiger partial charge in [-0.05, 0) is 24.6 Å². The molecule has 2 unspecified atom stereocenters. The largest absolute Gasteiger partial charge is 0.341 e. The first-order chi connectivity index (χ1) is 11.1. The number of urea groups is 1. The normalized spacial score (nSPS) is 24.0. The molecule has 0 aliphatic carbocycles. The maximum absolute atomic E-state index is 13.1. The summed E-state index contributed by atoms with van der Waals surface area (Å²) in [6, 6.07) is 8.58. The van der Waals surface area contributed by atoms with Gasteiger partial charge in [-0.2, -0.15) is 5.26 Å². The van der Waals surface area contributed by atoms with Crippen LogP contribution < -0.4 is 5.32 Å². The fraction of sp³-hybridized carbons (Fsp3) is 0.500. The molecule has 6 nitrogen and oxygen atoms in total. The molecule has 1 aliphatic heterocycles. The van der Waals surface area contributed by atoms with Gasteiger partial charge >= 0.3 is 6.03 Å². The molecule has 1 aromatic rings. The Morgan fingerprint density at radius 3 is 2.25 bits per heavy atom. The van der Waals surface area contributed by atoms with Gasteiger partial charge in [-0.3, -0.25) is 9.69 Å². The number of nitrogens with zero attached hydrogens (tertiary/aromatic N) is 3. The highest BCUT2D eigenvalue weighted by molar-refractivity contribution is 5.95. The van der Waals surface area contributed by atoms with Crippen molar-refractivity contribution in [1.82, 2.24) is 15.1 Å². The van der Waals surface area contributed by atoms with E-state index in [1.807, 2.05) is 20.8 Å². The van der Waals surface area contributed by atoms with Crippen molar-refractivity contribution in [1.29, 1.82) is 5.26 Å². The van der Waals surface area contributed by atoms with Gasteiger partial charge in [0.2, 0.25) is 0 Å². The van der Waals surface area contributed by atoms with Crippen molar-refractivity contribution in [2.75, 3.05) is 14.1 Å². The smallest absolute Gasteiger partial charge is 0.319 e. The van der Waals surface area contributed by atoms with E-state index in [2.05, 4.69) is 11.4 Å². The predicted octanol–water partition coefficient (Wildman–Crippen LogP) is 2.26. The third-order valence-corrected chi connectivity index (χ3v) is 4.61. The molecule has 24 heavy (non-hydrogen) atoms. The molecule has 6 heteroatoms. The second-order valence-electron chi connectivity index (χ2n) is 7.34. The van der Waals surface area contributed by atoms with Crippen molar-refractivity contribution < 1.29 is 9.59 Å². The van der Waals surface area contributed by atoms with E-state index in [-0.39, 0.29) is 23.5 Å². The number of carbonyl (C=O) groups is 2. The predicted molar refractivity (Wildman–Crippen MR) is 90.8 cm³/mol. The van der Waals surface area contributed by atoms with Crippen LogP contribution in [0.5, 0.6) is 0 Å². The Kier molecular flexibility index (Phi) is 4.32. The zero-order chi connectivity index (χ0) is 18.3. The minimum absolute atomic E-state index is 0.143. The van der Waals surface area contributed by atoms with Crippen molar-refractivity contribution in [3.8, 4) is 6.07 Å². The van der Waals surface area contributed by atoms with E-state index in [4.69, 9.17) is 5.26 Å². The lowest BCUT2D eigenvalue weighted by Crippen LogP contribution is -2.56. The minimum Gasteiger partial charge on any atom is -0.341 e. The highest BCUT2D eigenvalue weighted by atomic mass is 16.2. The summed E-state index contributed by atoms with van der Waals surface area (Å²) in [7, 11) is 3.28. The summed E-state index contributed by atoms with van der Waals surface area (Å²) in [4.78, 5) is 29.0. The molecule has 1 saturated heterocycles. The molecule has 1 aliphatic rings. The topological polar surface area (TPSA) is 76.4 Å². The highest BCUT2D eigenvalue weighted by Crippen LogP contribution is 2.44. The van der Waals surface area contributed by atoms with Crippen molar-refractivity contribution >= 4 is 11.9 Å². The van der Waals surface area contributed by atoms with Gasteiger partial charge in [0, 0.05) is 19.5 Å². The first-order valence-electron chi connectivity index (χ1n) is 7.88. The lowest BCUT2D eigenvalue weighted by Gasteiger charge is -2.41. The summed E-state index contributed by atoms with van der Waals surface area (Å²) in [5.74, 6) is -0.143. The number of nitrogens with one attached hydrogen (secondary N) is 1. The first kappa shape index (κ1) is 17.8. The Bertz CT molecular complexity index is 699. The van der Waals surface area contributed by atoms with E-state index in [1.54, 1.807) is 55.1 Å². The molecule has 0 saturated carbocycles. The van der Waals surface area contributed by atoms with Gasteiger partial charge in [0.25, 0.3) is 5.91 Å². The van der Waals surface area contributed by atoms with E-state index in [9.17, 15) is 9.59 Å². The van der Waals surface area contributed by atoms with Crippen molar-refractivity contribution in [2.24, 2.45) is 5.41 Å². The van der Waals surface area contributed by atoms with Gasteiger partial charge < -0.3 is 10.2 Å². The first-order valence-corrected chi connectivity index (χ1v) is 7.88. The lowest BCUT2D eigenvalue weighted by atomic mass is 9.87. The average molecular weight is 328 g/mol. The quantitative estimate of drug-likeness (QED) is 0.859. The molecule has 3 amide bonds. The Morgan fingerprint density at radius 1 is 1.29 bits per heavy atom. The van der Waals surface area contributed by atoms with Gasteiger partial charge in [0.15, 0.2) is 0 Å². The molecule has 1 aromatic carbocycles. The number of amides is 3. The Hall–Kier alpha value is -2.55. The molecule has 0 spiro atoms. The van der Waals surface area contributed by atoms with Crippen molar-refractivity contribution in [2.45, 2.75) is 39.4 Å². The van der Waals surface area contributed by atoms with Crippen LogP contribution in [0.1, 0.15) is 38.8 Å². The zero-order valence-electron chi connectivity index (χ0n) is 15.0. The number of likely N-dealkylation sites (N-methyl/N-ethyl adjacent to an activating group) is 1. The van der Waals surface area contributed by atoms with Crippen LogP contribution in [0.25, 0.3) is 0 Å². The maximum Gasteiger partial charge on any atom is 0.319 e. The van der Waals surface area contributed by atoms with Crippen LogP contribution in [-0.2, 0) is 10.3 Å². The van der Waals surface area contributed by atoms with E-state index in [1.165, 1.54) is 0 Å². The third kappa shape index (κ3) is 2.50. The number of rotatable bonds is 1. The third-order valence-electron chi connectivity index (χ3n) is 4.61. The van der Waals surface area contributed by atoms with Crippen molar-refractivity contribution in [3.63, 3.8) is 0 Å². The molecule has 2 rings (SSSR count). The molecule has 2 atom stereocenters. The maximum atomic E-state index is 13.1. The average Bonchev–Trinajstić information content (AvgIpc) is 2.76. The van der Waals surface area contributed by atoms with Crippen LogP contribution in [0.4, 0.5) is 4.79 Å². The zero-order valence-corrected chi connectivity index (χ0v) is 15.0. The summed E-state index contributed by atoms with van der Waals surface area (Å²) < 4.78 is 0. The molecule has 0 bridgehead atoms. The van der Waals surface area contributed by atoms with Crippen LogP contribution >= 0.6 is 0 Å². The van der Waals surface area contributed by atoms with Crippen molar-refractivity contribution in [3.05, 3.63) is 35.4 Å². The minimum atomic E-state index is -1.12. The fourth-order valence-corrected chi connectivity index (χ4v) is 3.51. The number of carbonyl (C=O) groups excluding carboxylic acids is 2. The summed E-state index contributed by atoms with van der Waals surface area (Å²) in [5, 5.41) is 11.6. The highest BCUT2D eigenvalue weighted by Gasteiger charge is 2.59. The SMILES string of the molecule is CNC(=O)N1C(C(C)(C)C)N(C)C(=O)C1(C)c1ccc(C#N)cc1. The number of hydrogen-bond acceptors (Lipinski definition) is 3. The van der Waals surface area contributed by atoms with Gasteiger partial charge in [-0.25, -0.2) is 4.79 Å². The molecular formula is C18H24N4O2. The number of hydrogen-bond donors (Lipinski definition) is 1. The lowest BCUT2D eigenvalue weighted by molar-refractivity contribution is -0.133. The molecule has 0 aromatic heterocycles. The van der Waals surface area contributed by atoms with Crippen LogP contribution in [0, 0.1) is 16.7 Å². The van der Waals surface area contributed by atoms with Gasteiger partial charge in [-0.15, -0.1) is 0 Å². The summed E-state index contributed by atoms with van der Waals surface area (Å²) >= 11 is 0.